The number of benzene rings is 3. The number of phenolic OH excluding ortho intramolecular Hbond substituents is 2. The van der Waals surface area contributed by atoms with Gasteiger partial charge >= 0.3 is 11.4 Å². The summed E-state index contributed by atoms with van der Waals surface area (Å²) >= 11 is 0. The van der Waals surface area contributed by atoms with Gasteiger partial charge in [-0.3, -0.25) is 30.2 Å². The number of rotatable bonds is 6. The first kappa shape index (κ1) is 39.1. The van der Waals surface area contributed by atoms with Crippen LogP contribution in [0.4, 0.5) is 22.7 Å². The number of phenols is 2. The van der Waals surface area contributed by atoms with Gasteiger partial charge < -0.3 is 10.2 Å². The van der Waals surface area contributed by atoms with E-state index in [9.17, 15) is 30.4 Å². The molecule has 10 nitrogen and oxygen atoms in total. The fourth-order valence-corrected chi connectivity index (χ4v) is 4.85. The van der Waals surface area contributed by atoms with Gasteiger partial charge in [-0.2, -0.15) is 0 Å². The van der Waals surface area contributed by atoms with E-state index >= 15 is 0 Å². The third-order valence-electron chi connectivity index (χ3n) is 7.78. The van der Waals surface area contributed by atoms with Gasteiger partial charge in [-0.15, -0.1) is 0 Å². The van der Waals surface area contributed by atoms with Crippen LogP contribution in [0.1, 0.15) is 116 Å². The Kier molecular flexibility index (Phi) is 11.3. The van der Waals surface area contributed by atoms with Crippen molar-refractivity contribution in [2.24, 2.45) is 9.98 Å². The predicted octanol–water partition coefficient (Wildman–Crippen LogP) is 9.60. The minimum absolute atomic E-state index is 0. The minimum Gasteiger partial charge on any atom is -0.507 e. The number of aliphatic imine (C=N–C) groups is 2. The maximum absolute atomic E-state index is 11.9. The number of hydrogen-bond acceptors (Lipinski definition) is 8. The summed E-state index contributed by atoms with van der Waals surface area (Å²) in [5.41, 5.74) is 1.26. The van der Waals surface area contributed by atoms with E-state index in [1.807, 2.05) is 95.2 Å². The smallest absolute Gasteiger partial charge is 0.348 e. The van der Waals surface area contributed by atoms with Crippen LogP contribution in [0.5, 0.6) is 11.5 Å². The van der Waals surface area contributed by atoms with Crippen LogP contribution in [0.2, 0.25) is 0 Å². The van der Waals surface area contributed by atoms with Crippen LogP contribution in [-0.4, -0.2) is 32.5 Å². The maximum Gasteiger partial charge on any atom is 0.348 e. The van der Waals surface area contributed by atoms with Crippen molar-refractivity contribution in [3.05, 3.63) is 90.0 Å². The van der Waals surface area contributed by atoms with E-state index in [0.717, 1.165) is 23.3 Å². The number of nitro groups is 2. The van der Waals surface area contributed by atoms with Crippen molar-refractivity contribution in [2.75, 3.05) is 0 Å². The molecule has 2 N–H and O–H groups in total. The van der Waals surface area contributed by atoms with E-state index in [2.05, 4.69) is 9.98 Å². The van der Waals surface area contributed by atoms with Crippen LogP contribution in [0.3, 0.4) is 0 Å². The zero-order valence-electron chi connectivity index (χ0n) is 29.3. The van der Waals surface area contributed by atoms with Gasteiger partial charge in [0.2, 0.25) is 0 Å². The molecule has 0 aliphatic heterocycles. The standard InChI is InChI=1S/C36H46N4O6.Ni/c1-33(2,3)23-13-21(31(41)25(15-23)35(7,8)9)19-37-27-17-29(39(43)44)30(40(45)46)18-28(27)38-20-22-14-24(34(4,5)6)16-26(32(22)42)36(10,11)12;/h13-20,41-42H,1-12H3;. The van der Waals surface area contributed by atoms with Crippen molar-refractivity contribution in [2.45, 2.75) is 105 Å². The van der Waals surface area contributed by atoms with Crippen molar-refractivity contribution in [3.63, 3.8) is 0 Å². The Bertz CT molecular complexity index is 1620. The molecule has 0 bridgehead atoms. The first-order chi connectivity index (χ1) is 20.8. The Morgan fingerprint density at radius 2 is 0.851 bits per heavy atom. The predicted molar refractivity (Wildman–Crippen MR) is 185 cm³/mol. The summed E-state index contributed by atoms with van der Waals surface area (Å²) in [6.45, 7) is 24.2. The molecule has 0 spiro atoms. The molecule has 3 aromatic carbocycles. The van der Waals surface area contributed by atoms with Gasteiger partial charge in [-0.05, 0) is 44.9 Å². The Balaban J connectivity index is 0.00000768. The summed E-state index contributed by atoms with van der Waals surface area (Å²) < 4.78 is 0. The van der Waals surface area contributed by atoms with Crippen LogP contribution in [0.25, 0.3) is 0 Å². The normalized spacial score (nSPS) is 12.9. The van der Waals surface area contributed by atoms with Crippen molar-refractivity contribution in [1.82, 2.24) is 0 Å². The molecule has 0 heterocycles. The number of aromatic hydroxyl groups is 2. The average Bonchev–Trinajstić information content (AvgIpc) is 2.88. The second-order valence-electron chi connectivity index (χ2n) is 15.8. The SMILES string of the molecule is CC(C)(C)c1cc(C=Nc2cc([N+](=O)[O-])c([N+](=O)[O-])cc2N=Cc2cc(C(C)(C)C)cc(C(C)(C)C)c2O)c(O)c(C(C)(C)C)c1.[Ni]. The molecular weight excluding hydrogens is 643 g/mol. The maximum atomic E-state index is 11.9. The van der Waals surface area contributed by atoms with Gasteiger partial charge in [-0.25, -0.2) is 0 Å². The Morgan fingerprint density at radius 3 is 1.09 bits per heavy atom. The van der Waals surface area contributed by atoms with Gasteiger partial charge in [0.05, 0.1) is 33.4 Å². The summed E-state index contributed by atoms with van der Waals surface area (Å²) in [5, 5.41) is 46.2. The van der Waals surface area contributed by atoms with Crippen LogP contribution < -0.4 is 0 Å². The number of hydrogen-bond donors (Lipinski definition) is 2. The fraction of sp³-hybridized carbons (Fsp3) is 0.444. The zero-order chi connectivity index (χ0) is 35.2. The first-order valence-electron chi connectivity index (χ1n) is 15.1. The van der Waals surface area contributed by atoms with Gasteiger partial charge in [0.25, 0.3) is 0 Å². The van der Waals surface area contributed by atoms with Gasteiger partial charge in [0.15, 0.2) is 0 Å². The topological polar surface area (TPSA) is 151 Å². The van der Waals surface area contributed by atoms with Gasteiger partial charge in [-0.1, -0.05) is 95.2 Å². The molecule has 0 saturated carbocycles. The largest absolute Gasteiger partial charge is 0.507 e. The summed E-state index contributed by atoms with van der Waals surface area (Å²) in [6, 6.07) is 9.54. The summed E-state index contributed by atoms with van der Waals surface area (Å²) in [6.07, 6.45) is 2.78. The third kappa shape index (κ3) is 9.04. The van der Waals surface area contributed by atoms with E-state index in [4.69, 9.17) is 0 Å². The molecule has 0 fully saturated rings. The van der Waals surface area contributed by atoms with Crippen LogP contribution in [0, 0.1) is 20.2 Å². The van der Waals surface area contributed by atoms with Gasteiger partial charge in [0.1, 0.15) is 11.5 Å². The number of nitrogens with zero attached hydrogens (tertiary/aromatic N) is 4. The Labute approximate surface area is 287 Å². The minimum atomic E-state index is -0.839. The van der Waals surface area contributed by atoms with Crippen LogP contribution in [-0.2, 0) is 38.2 Å². The molecule has 256 valence electrons. The molecular formula is C36H46N4NiO6. The van der Waals surface area contributed by atoms with Gasteiger partial charge in [0, 0.05) is 51.2 Å². The van der Waals surface area contributed by atoms with E-state index < -0.39 is 32.1 Å². The third-order valence-corrected chi connectivity index (χ3v) is 7.78. The molecule has 11 heteroatoms. The molecule has 3 rings (SSSR count). The van der Waals surface area contributed by atoms with Crippen molar-refractivity contribution >= 4 is 35.2 Å². The van der Waals surface area contributed by atoms with Crippen molar-refractivity contribution in [1.29, 1.82) is 0 Å². The molecule has 47 heavy (non-hydrogen) atoms. The number of nitro benzene ring substituents is 2. The molecule has 0 aliphatic carbocycles. The summed E-state index contributed by atoms with van der Waals surface area (Å²) in [5.74, 6) is 0.0358. The van der Waals surface area contributed by atoms with Crippen molar-refractivity contribution in [3.8, 4) is 11.5 Å². The molecule has 0 aliphatic rings. The fourth-order valence-electron chi connectivity index (χ4n) is 4.85. The molecule has 0 aromatic heterocycles. The second-order valence-corrected chi connectivity index (χ2v) is 15.8. The Morgan fingerprint density at radius 1 is 0.553 bits per heavy atom. The molecule has 0 saturated heterocycles. The van der Waals surface area contributed by atoms with E-state index in [0.29, 0.717) is 22.3 Å². The summed E-state index contributed by atoms with van der Waals surface area (Å²) in [7, 11) is 0. The van der Waals surface area contributed by atoms with E-state index in [-0.39, 0.29) is 50.2 Å². The zero-order valence-corrected chi connectivity index (χ0v) is 30.2. The van der Waals surface area contributed by atoms with Crippen LogP contribution >= 0.6 is 0 Å². The molecule has 3 aromatic rings. The Hall–Kier alpha value is -4.11. The van der Waals surface area contributed by atoms with E-state index in [1.165, 1.54) is 12.4 Å². The first-order valence-corrected chi connectivity index (χ1v) is 15.1. The molecule has 0 atom stereocenters. The van der Waals surface area contributed by atoms with Crippen molar-refractivity contribution < 1.29 is 36.6 Å². The molecule has 0 radical (unpaired) electrons. The van der Waals surface area contributed by atoms with E-state index in [1.54, 1.807) is 12.1 Å². The average molecular weight is 689 g/mol. The molecule has 0 unspecified atom stereocenters. The second kappa shape index (κ2) is 13.6. The van der Waals surface area contributed by atoms with Crippen LogP contribution in [0.15, 0.2) is 46.4 Å². The summed E-state index contributed by atoms with van der Waals surface area (Å²) in [4.78, 5) is 31.0. The quantitative estimate of drug-likeness (QED) is 0.114. The monoisotopic (exact) mass is 688 g/mol. The molecule has 0 amide bonds.